The highest BCUT2D eigenvalue weighted by Gasteiger charge is 2.39. The molecule has 0 spiro atoms. The van der Waals surface area contributed by atoms with E-state index in [9.17, 15) is 18.3 Å². The second-order valence-electron chi connectivity index (χ2n) is 5.80. The van der Waals surface area contributed by atoms with Crippen LogP contribution in [-0.2, 0) is 21.1 Å². The van der Waals surface area contributed by atoms with Crippen LogP contribution in [0.15, 0.2) is 18.2 Å². The van der Waals surface area contributed by atoms with Crippen molar-refractivity contribution in [3.8, 4) is 0 Å². The lowest BCUT2D eigenvalue weighted by molar-refractivity contribution is -0.117. The third-order valence-corrected chi connectivity index (χ3v) is 6.25. The molecule has 1 aromatic rings. The third-order valence-electron chi connectivity index (χ3n) is 4.11. The van der Waals surface area contributed by atoms with E-state index < -0.39 is 20.7 Å². The smallest absolute Gasteiger partial charge is 0.231 e. The quantitative estimate of drug-likeness (QED) is 0.905. The second-order valence-corrected chi connectivity index (χ2v) is 8.39. The number of nitrogens with zero attached hydrogens (tertiary/aromatic N) is 1. The Labute approximate surface area is 119 Å². The van der Waals surface area contributed by atoms with Crippen molar-refractivity contribution in [1.82, 2.24) is 0 Å². The van der Waals surface area contributed by atoms with Crippen molar-refractivity contribution in [1.29, 1.82) is 0 Å². The molecule has 0 aromatic heterocycles. The number of aliphatic hydroxyl groups excluding tert-OH is 1. The highest BCUT2D eigenvalue weighted by atomic mass is 32.2. The van der Waals surface area contributed by atoms with Crippen molar-refractivity contribution in [2.75, 3.05) is 18.2 Å². The van der Waals surface area contributed by atoms with Gasteiger partial charge in [0, 0.05) is 19.0 Å². The molecule has 1 unspecified atom stereocenters. The monoisotopic (exact) mass is 297 g/mol. The summed E-state index contributed by atoms with van der Waals surface area (Å²) in [5, 5.41) is 10.4. The molecule has 0 saturated heterocycles. The zero-order chi connectivity index (χ0) is 15.3. The highest BCUT2D eigenvalue weighted by molar-refractivity contribution is 7.92. The van der Waals surface area contributed by atoms with Crippen LogP contribution in [0, 0.1) is 0 Å². The number of anilines is 1. The van der Waals surface area contributed by atoms with E-state index in [2.05, 4.69) is 0 Å². The lowest BCUT2D eigenvalue weighted by atomic mass is 9.96. The first-order valence-electron chi connectivity index (χ1n) is 6.32. The van der Waals surface area contributed by atoms with Gasteiger partial charge in [-0.05, 0) is 31.0 Å². The molecule has 0 saturated carbocycles. The summed E-state index contributed by atoms with van der Waals surface area (Å²) in [5.41, 5.74) is 2.14. The van der Waals surface area contributed by atoms with E-state index in [0.717, 1.165) is 17.5 Å². The minimum atomic E-state index is -3.41. The van der Waals surface area contributed by atoms with Crippen molar-refractivity contribution in [2.45, 2.75) is 31.1 Å². The minimum absolute atomic E-state index is 0.00554. The van der Waals surface area contributed by atoms with Crippen LogP contribution in [0.4, 0.5) is 5.69 Å². The lowest BCUT2D eigenvalue weighted by Gasteiger charge is -2.29. The van der Waals surface area contributed by atoms with Gasteiger partial charge in [0.25, 0.3) is 0 Å². The van der Waals surface area contributed by atoms with Crippen molar-refractivity contribution in [3.05, 3.63) is 29.3 Å². The van der Waals surface area contributed by atoms with Crippen LogP contribution in [0.1, 0.15) is 31.1 Å². The van der Waals surface area contributed by atoms with E-state index in [4.69, 9.17) is 0 Å². The average molecular weight is 297 g/mol. The van der Waals surface area contributed by atoms with Crippen molar-refractivity contribution in [2.24, 2.45) is 0 Å². The number of rotatable bonds is 3. The van der Waals surface area contributed by atoms with Gasteiger partial charge in [0.15, 0.2) is 9.84 Å². The molecule has 1 aliphatic heterocycles. The van der Waals surface area contributed by atoms with Crippen molar-refractivity contribution in [3.63, 3.8) is 0 Å². The Hall–Kier alpha value is -1.40. The third kappa shape index (κ3) is 2.23. The molecule has 1 atom stereocenters. The summed E-state index contributed by atoms with van der Waals surface area (Å²) in [7, 11) is -1.71. The van der Waals surface area contributed by atoms with E-state index in [1.165, 1.54) is 13.8 Å². The Kier molecular flexibility index (Phi) is 3.42. The van der Waals surface area contributed by atoms with E-state index in [0.29, 0.717) is 5.56 Å². The van der Waals surface area contributed by atoms with Crippen LogP contribution in [0.3, 0.4) is 0 Å². The topological polar surface area (TPSA) is 74.7 Å². The first-order valence-corrected chi connectivity index (χ1v) is 8.22. The number of aliphatic hydroxyl groups is 1. The van der Waals surface area contributed by atoms with Crippen molar-refractivity contribution >= 4 is 21.4 Å². The number of sulfone groups is 1. The van der Waals surface area contributed by atoms with E-state index in [-0.39, 0.29) is 12.3 Å². The van der Waals surface area contributed by atoms with Crippen LogP contribution in [0.5, 0.6) is 0 Å². The maximum absolute atomic E-state index is 11.8. The lowest BCUT2D eigenvalue weighted by Crippen LogP contribution is -2.37. The van der Waals surface area contributed by atoms with Crippen LogP contribution in [0.25, 0.3) is 0 Å². The molecule has 1 aromatic carbocycles. The Morgan fingerprint density at radius 2 is 1.95 bits per heavy atom. The summed E-state index contributed by atoms with van der Waals surface area (Å²) < 4.78 is 22.3. The van der Waals surface area contributed by atoms with E-state index >= 15 is 0 Å². The molecular weight excluding hydrogens is 278 g/mol. The fourth-order valence-corrected chi connectivity index (χ4v) is 2.81. The molecule has 0 bridgehead atoms. The number of amides is 1. The maximum atomic E-state index is 11.8. The van der Waals surface area contributed by atoms with Gasteiger partial charge in [0.1, 0.15) is 0 Å². The van der Waals surface area contributed by atoms with Crippen LogP contribution >= 0.6 is 0 Å². The summed E-state index contributed by atoms with van der Waals surface area (Å²) in [6.45, 7) is 3.00. The Balaban J connectivity index is 2.42. The van der Waals surface area contributed by atoms with Gasteiger partial charge in [0.2, 0.25) is 5.91 Å². The standard InChI is InChI=1S/C14H19NO4S/c1-14(2,20(4,18)19)13(17)9-5-6-11-10(7-9)8-12(16)15(11)3/h5-7,13,17H,8H2,1-4H3. The molecule has 1 aliphatic rings. The van der Waals surface area contributed by atoms with Gasteiger partial charge < -0.3 is 10.0 Å². The molecule has 0 aliphatic carbocycles. The normalized spacial score (nSPS) is 17.2. The number of carbonyl (C=O) groups excluding carboxylic acids is 1. The number of hydrogen-bond acceptors (Lipinski definition) is 4. The van der Waals surface area contributed by atoms with Gasteiger partial charge in [-0.25, -0.2) is 8.42 Å². The molecular formula is C14H19NO4S. The van der Waals surface area contributed by atoms with E-state index in [1.807, 2.05) is 0 Å². The summed E-state index contributed by atoms with van der Waals surface area (Å²) in [6, 6.07) is 5.14. The number of fused-ring (bicyclic) bond motifs is 1. The number of benzene rings is 1. The first kappa shape index (κ1) is 15.0. The second kappa shape index (κ2) is 4.56. The molecule has 0 radical (unpaired) electrons. The molecule has 1 amide bonds. The number of hydrogen-bond donors (Lipinski definition) is 1. The van der Waals surface area contributed by atoms with Gasteiger partial charge in [-0.1, -0.05) is 12.1 Å². The number of carbonyl (C=O) groups is 1. The minimum Gasteiger partial charge on any atom is -0.387 e. The van der Waals surface area contributed by atoms with Gasteiger partial charge in [-0.15, -0.1) is 0 Å². The molecule has 20 heavy (non-hydrogen) atoms. The predicted octanol–water partition coefficient (Wildman–Crippen LogP) is 1.06. The summed E-state index contributed by atoms with van der Waals surface area (Å²) in [4.78, 5) is 13.2. The van der Waals surface area contributed by atoms with Crippen molar-refractivity contribution < 1.29 is 18.3 Å². The van der Waals surface area contributed by atoms with Crippen LogP contribution in [0.2, 0.25) is 0 Å². The van der Waals surface area contributed by atoms with Gasteiger partial charge in [0.05, 0.1) is 17.3 Å². The summed E-state index contributed by atoms with van der Waals surface area (Å²) in [5.74, 6) is -0.00554. The molecule has 5 nitrogen and oxygen atoms in total. The molecule has 2 rings (SSSR count). The number of likely N-dealkylation sites (N-methyl/N-ethyl adjacent to an activating group) is 1. The van der Waals surface area contributed by atoms with Gasteiger partial charge >= 0.3 is 0 Å². The molecule has 0 fully saturated rings. The van der Waals surface area contributed by atoms with Gasteiger partial charge in [-0.3, -0.25) is 4.79 Å². The van der Waals surface area contributed by atoms with Crippen LogP contribution in [-0.4, -0.2) is 37.5 Å². The SMILES string of the molecule is CN1C(=O)Cc2cc(C(O)C(C)(C)S(C)(=O)=O)ccc21. The zero-order valence-corrected chi connectivity index (χ0v) is 12.9. The molecule has 1 N–H and O–H groups in total. The summed E-state index contributed by atoms with van der Waals surface area (Å²) in [6.07, 6.45) is 0.260. The molecule has 6 heteroatoms. The molecule has 110 valence electrons. The predicted molar refractivity (Wildman–Crippen MR) is 77.4 cm³/mol. The zero-order valence-electron chi connectivity index (χ0n) is 12.0. The Morgan fingerprint density at radius 3 is 2.50 bits per heavy atom. The Bertz CT molecular complexity index is 664. The van der Waals surface area contributed by atoms with E-state index in [1.54, 1.807) is 30.1 Å². The highest BCUT2D eigenvalue weighted by Crippen LogP contribution is 2.36. The van der Waals surface area contributed by atoms with Crippen LogP contribution < -0.4 is 4.90 Å². The fourth-order valence-electron chi connectivity index (χ4n) is 2.26. The largest absolute Gasteiger partial charge is 0.387 e. The average Bonchev–Trinajstić information content (AvgIpc) is 2.62. The maximum Gasteiger partial charge on any atom is 0.231 e. The fraction of sp³-hybridized carbons (Fsp3) is 0.500. The van der Waals surface area contributed by atoms with Gasteiger partial charge in [-0.2, -0.15) is 0 Å². The summed E-state index contributed by atoms with van der Waals surface area (Å²) >= 11 is 0. The first-order chi connectivity index (χ1) is 9.05. The Morgan fingerprint density at radius 1 is 1.35 bits per heavy atom. The molecule has 1 heterocycles.